The molecule has 0 aromatic heterocycles. The van der Waals surface area contributed by atoms with Gasteiger partial charge in [0.25, 0.3) is 0 Å². The van der Waals surface area contributed by atoms with E-state index >= 15 is 0 Å². The third-order valence-corrected chi connectivity index (χ3v) is 8.65. The van der Waals surface area contributed by atoms with Crippen molar-refractivity contribution in [2.75, 3.05) is 0 Å². The van der Waals surface area contributed by atoms with E-state index in [9.17, 15) is 4.79 Å². The first kappa shape index (κ1) is 21.4. The zero-order valence-electron chi connectivity index (χ0n) is 14.3. The lowest BCUT2D eigenvalue weighted by atomic mass is 9.88. The SMILES string of the molecule is O=C(c1cc(I)cc(I)c1I)C1CCCCCCCCCCCC1. The van der Waals surface area contributed by atoms with Crippen LogP contribution in [0.2, 0.25) is 0 Å². The van der Waals surface area contributed by atoms with Gasteiger partial charge in [0.05, 0.1) is 0 Å². The largest absolute Gasteiger partial charge is 0.294 e. The third kappa shape index (κ3) is 7.00. The molecule has 24 heavy (non-hydrogen) atoms. The van der Waals surface area contributed by atoms with Crippen LogP contribution < -0.4 is 0 Å². The van der Waals surface area contributed by atoms with Gasteiger partial charge in [-0.25, -0.2) is 0 Å². The monoisotopic (exact) mass is 664 g/mol. The summed E-state index contributed by atoms with van der Waals surface area (Å²) in [5.74, 6) is 0.624. The van der Waals surface area contributed by atoms with Crippen LogP contribution in [-0.4, -0.2) is 5.78 Å². The van der Waals surface area contributed by atoms with Gasteiger partial charge in [-0.15, -0.1) is 0 Å². The first-order valence-electron chi connectivity index (χ1n) is 9.28. The summed E-state index contributed by atoms with van der Waals surface area (Å²) in [6.07, 6.45) is 15.4. The van der Waals surface area contributed by atoms with Crippen LogP contribution in [0.15, 0.2) is 12.1 Å². The molecule has 0 unspecified atom stereocenters. The van der Waals surface area contributed by atoms with Crippen LogP contribution in [-0.2, 0) is 0 Å². The quantitative estimate of drug-likeness (QED) is 0.178. The summed E-state index contributed by atoms with van der Waals surface area (Å²) in [5, 5.41) is 0. The van der Waals surface area contributed by atoms with Crippen molar-refractivity contribution in [1.82, 2.24) is 0 Å². The number of carbonyl (C=O) groups is 1. The number of ketones is 1. The van der Waals surface area contributed by atoms with E-state index in [1.54, 1.807) is 0 Å². The fourth-order valence-corrected chi connectivity index (χ4v) is 5.98. The average molecular weight is 664 g/mol. The first-order valence-corrected chi connectivity index (χ1v) is 12.5. The zero-order valence-corrected chi connectivity index (χ0v) is 20.7. The lowest BCUT2D eigenvalue weighted by molar-refractivity contribution is 0.0900. The Labute approximate surface area is 187 Å². The molecule has 0 atom stereocenters. The van der Waals surface area contributed by atoms with Crippen molar-refractivity contribution >= 4 is 73.6 Å². The highest BCUT2D eigenvalue weighted by molar-refractivity contribution is 14.1. The summed E-state index contributed by atoms with van der Waals surface area (Å²) >= 11 is 7.03. The predicted molar refractivity (Wildman–Crippen MR) is 128 cm³/mol. The second-order valence-corrected chi connectivity index (χ2v) is 10.4. The predicted octanol–water partition coefficient (Wildman–Crippen LogP) is 7.99. The molecule has 4 heteroatoms. The molecule has 0 aliphatic heterocycles. The van der Waals surface area contributed by atoms with Crippen molar-refractivity contribution in [3.8, 4) is 0 Å². The molecule has 1 saturated carbocycles. The summed E-state index contributed by atoms with van der Waals surface area (Å²) in [4.78, 5) is 13.2. The fraction of sp³-hybridized carbons (Fsp3) is 0.650. The maximum Gasteiger partial charge on any atom is 0.167 e. The molecular formula is C20H27I3O. The van der Waals surface area contributed by atoms with E-state index in [2.05, 4.69) is 79.9 Å². The first-order chi connectivity index (χ1) is 11.6. The molecule has 1 fully saturated rings. The maximum atomic E-state index is 13.2. The van der Waals surface area contributed by atoms with Gasteiger partial charge in [-0.05, 0) is 92.7 Å². The van der Waals surface area contributed by atoms with Crippen LogP contribution in [0, 0.1) is 16.6 Å². The molecular weight excluding hydrogens is 637 g/mol. The number of hydrogen-bond acceptors (Lipinski definition) is 1. The van der Waals surface area contributed by atoms with E-state index in [0.717, 1.165) is 22.0 Å². The van der Waals surface area contributed by atoms with E-state index in [4.69, 9.17) is 0 Å². The summed E-state index contributed by atoms with van der Waals surface area (Å²) in [5.41, 5.74) is 0.959. The van der Waals surface area contributed by atoms with Crippen LogP contribution >= 0.6 is 67.8 Å². The molecule has 1 nitrogen and oxygen atoms in total. The lowest BCUT2D eigenvalue weighted by Crippen LogP contribution is -2.17. The summed E-state index contributed by atoms with van der Waals surface area (Å²) in [7, 11) is 0. The Morgan fingerprint density at radius 1 is 0.750 bits per heavy atom. The second kappa shape index (κ2) is 11.7. The minimum atomic E-state index is 0.230. The van der Waals surface area contributed by atoms with Crippen LogP contribution in [0.1, 0.15) is 87.4 Å². The zero-order chi connectivity index (χ0) is 17.4. The van der Waals surface area contributed by atoms with E-state index in [1.165, 1.54) is 71.3 Å². The molecule has 2 rings (SSSR count). The molecule has 1 aromatic carbocycles. The number of benzene rings is 1. The van der Waals surface area contributed by atoms with Gasteiger partial charge >= 0.3 is 0 Å². The lowest BCUT2D eigenvalue weighted by Gasteiger charge is -2.17. The topological polar surface area (TPSA) is 17.1 Å². The van der Waals surface area contributed by atoms with Crippen molar-refractivity contribution in [3.63, 3.8) is 0 Å². The van der Waals surface area contributed by atoms with Crippen molar-refractivity contribution in [3.05, 3.63) is 28.4 Å². The van der Waals surface area contributed by atoms with Gasteiger partial charge in [-0.1, -0.05) is 64.2 Å². The summed E-state index contributed by atoms with van der Waals surface area (Å²) in [6.45, 7) is 0. The highest BCUT2D eigenvalue weighted by Crippen LogP contribution is 2.29. The normalized spacial score (nSPS) is 19.1. The van der Waals surface area contributed by atoms with Gasteiger partial charge in [0.1, 0.15) is 0 Å². The molecule has 0 heterocycles. The Morgan fingerprint density at radius 2 is 1.21 bits per heavy atom. The van der Waals surface area contributed by atoms with Gasteiger partial charge in [0.15, 0.2) is 5.78 Å². The molecule has 134 valence electrons. The Balaban J connectivity index is 2.08. The number of rotatable bonds is 2. The third-order valence-electron chi connectivity index (χ3n) is 4.98. The highest BCUT2D eigenvalue weighted by atomic mass is 127. The minimum absolute atomic E-state index is 0.230. The molecule has 0 spiro atoms. The van der Waals surface area contributed by atoms with Crippen LogP contribution in [0.3, 0.4) is 0 Å². The molecule has 0 N–H and O–H groups in total. The molecule has 1 aromatic rings. The number of Topliss-reactive ketones (excluding diaryl/α,β-unsaturated/α-hetero) is 1. The van der Waals surface area contributed by atoms with Crippen molar-refractivity contribution in [2.24, 2.45) is 5.92 Å². The summed E-state index contributed by atoms with van der Waals surface area (Å²) in [6, 6.07) is 4.25. The van der Waals surface area contributed by atoms with Gasteiger partial charge in [0, 0.05) is 22.2 Å². The van der Waals surface area contributed by atoms with E-state index in [1.807, 2.05) is 0 Å². The second-order valence-electron chi connectivity index (χ2n) is 6.92. The molecule has 1 aliphatic rings. The standard InChI is InChI=1S/C20H27I3O/c21-16-13-17(19(23)18(22)14-16)20(24)15-11-9-7-5-3-1-2-4-6-8-10-12-15/h13-15H,1-12H2. The molecule has 0 radical (unpaired) electrons. The van der Waals surface area contributed by atoms with Crippen LogP contribution in [0.4, 0.5) is 0 Å². The molecule has 0 amide bonds. The Hall–Kier alpha value is 1.08. The number of carbonyl (C=O) groups excluding carboxylic acids is 1. The van der Waals surface area contributed by atoms with Crippen molar-refractivity contribution in [2.45, 2.75) is 77.0 Å². The Morgan fingerprint density at radius 3 is 1.71 bits per heavy atom. The summed E-state index contributed by atoms with van der Waals surface area (Å²) < 4.78 is 3.51. The van der Waals surface area contributed by atoms with Crippen molar-refractivity contribution in [1.29, 1.82) is 0 Å². The van der Waals surface area contributed by atoms with Crippen LogP contribution in [0.5, 0.6) is 0 Å². The smallest absolute Gasteiger partial charge is 0.167 e. The molecule has 0 saturated heterocycles. The molecule has 1 aliphatic carbocycles. The Kier molecular flexibility index (Phi) is 10.4. The van der Waals surface area contributed by atoms with Crippen molar-refractivity contribution < 1.29 is 4.79 Å². The minimum Gasteiger partial charge on any atom is -0.294 e. The number of hydrogen-bond donors (Lipinski definition) is 0. The van der Waals surface area contributed by atoms with Gasteiger partial charge in [-0.3, -0.25) is 4.79 Å². The van der Waals surface area contributed by atoms with E-state index in [0.29, 0.717) is 5.78 Å². The van der Waals surface area contributed by atoms with Crippen LogP contribution in [0.25, 0.3) is 0 Å². The maximum absolute atomic E-state index is 13.2. The van der Waals surface area contributed by atoms with E-state index < -0.39 is 0 Å². The van der Waals surface area contributed by atoms with Gasteiger partial charge in [-0.2, -0.15) is 0 Å². The Bertz CT molecular complexity index is 528. The van der Waals surface area contributed by atoms with Gasteiger partial charge < -0.3 is 0 Å². The number of halogens is 3. The van der Waals surface area contributed by atoms with E-state index in [-0.39, 0.29) is 5.92 Å². The van der Waals surface area contributed by atoms with Gasteiger partial charge in [0.2, 0.25) is 0 Å². The highest BCUT2D eigenvalue weighted by Gasteiger charge is 2.23. The average Bonchev–Trinajstić information content (AvgIpc) is 2.58. The molecule has 0 bridgehead atoms. The fourth-order valence-electron chi connectivity index (χ4n) is 3.56.